The summed E-state index contributed by atoms with van der Waals surface area (Å²) in [6.07, 6.45) is 0.917. The molecule has 3 aromatic rings. The van der Waals surface area contributed by atoms with Gasteiger partial charge in [-0.1, -0.05) is 54.6 Å². The molecule has 0 heterocycles. The maximum Gasteiger partial charge on any atom is 0.277 e. The Morgan fingerprint density at radius 3 is 2.33 bits per heavy atom. The fraction of sp³-hybridized carbons (Fsp3) is 0.0476. The molecule has 0 saturated heterocycles. The van der Waals surface area contributed by atoms with Gasteiger partial charge in [-0.3, -0.25) is 4.79 Å². The molecule has 0 aliphatic carbocycles. The topological polar surface area (TPSA) is 50.7 Å². The molecule has 136 valence electrons. The highest BCUT2D eigenvalue weighted by atomic mass is 19.1. The van der Waals surface area contributed by atoms with Gasteiger partial charge in [0.25, 0.3) is 5.91 Å². The molecule has 0 fully saturated rings. The van der Waals surface area contributed by atoms with Gasteiger partial charge in [-0.05, 0) is 23.8 Å². The van der Waals surface area contributed by atoms with E-state index in [1.165, 1.54) is 6.07 Å². The van der Waals surface area contributed by atoms with E-state index in [1.807, 2.05) is 42.5 Å². The standard InChI is InChI=1S/C21H16F2N2O2/c22-18-10-6-11-19(23)17(18)13-24-25-21(26)14-27-20-12-5-4-9-16(20)15-7-2-1-3-8-15/h1-13H,14H2,(H,25,26)/b24-13-. The first kappa shape index (κ1) is 18.3. The van der Waals surface area contributed by atoms with Gasteiger partial charge >= 0.3 is 0 Å². The lowest BCUT2D eigenvalue weighted by Crippen LogP contribution is -2.24. The molecule has 0 atom stereocenters. The number of halogens is 2. The van der Waals surface area contributed by atoms with Crippen molar-refractivity contribution in [1.82, 2.24) is 5.43 Å². The zero-order chi connectivity index (χ0) is 19.1. The molecule has 1 amide bonds. The molecular formula is C21H16F2N2O2. The van der Waals surface area contributed by atoms with E-state index in [4.69, 9.17) is 4.74 Å². The molecule has 0 unspecified atom stereocenters. The zero-order valence-corrected chi connectivity index (χ0v) is 14.2. The zero-order valence-electron chi connectivity index (χ0n) is 14.2. The second-order valence-electron chi connectivity index (χ2n) is 5.58. The molecule has 3 aromatic carbocycles. The largest absolute Gasteiger partial charge is 0.483 e. The minimum Gasteiger partial charge on any atom is -0.483 e. The monoisotopic (exact) mass is 366 g/mol. The SMILES string of the molecule is O=C(COc1ccccc1-c1ccccc1)N/N=C\c1c(F)cccc1F. The molecule has 0 saturated carbocycles. The summed E-state index contributed by atoms with van der Waals surface area (Å²) >= 11 is 0. The summed E-state index contributed by atoms with van der Waals surface area (Å²) in [5.74, 6) is -1.53. The smallest absolute Gasteiger partial charge is 0.277 e. The molecule has 0 radical (unpaired) electrons. The second-order valence-corrected chi connectivity index (χ2v) is 5.58. The van der Waals surface area contributed by atoms with E-state index >= 15 is 0 Å². The first-order valence-corrected chi connectivity index (χ1v) is 8.18. The van der Waals surface area contributed by atoms with Crippen molar-refractivity contribution in [3.8, 4) is 16.9 Å². The third-order valence-corrected chi connectivity index (χ3v) is 3.71. The number of carbonyl (C=O) groups excluding carboxylic acids is 1. The van der Waals surface area contributed by atoms with E-state index in [2.05, 4.69) is 10.5 Å². The summed E-state index contributed by atoms with van der Waals surface area (Å²) in [5, 5.41) is 3.57. The van der Waals surface area contributed by atoms with Crippen molar-refractivity contribution in [2.75, 3.05) is 6.61 Å². The fourth-order valence-electron chi connectivity index (χ4n) is 2.43. The minimum atomic E-state index is -0.763. The number of benzene rings is 3. The number of hydrogen-bond donors (Lipinski definition) is 1. The lowest BCUT2D eigenvalue weighted by Gasteiger charge is -2.10. The molecule has 1 N–H and O–H groups in total. The van der Waals surface area contributed by atoms with Crippen LogP contribution in [0.1, 0.15) is 5.56 Å². The van der Waals surface area contributed by atoms with Gasteiger partial charge in [0.1, 0.15) is 17.4 Å². The summed E-state index contributed by atoms with van der Waals surface area (Å²) in [5.41, 5.74) is 3.67. The van der Waals surface area contributed by atoms with Crippen LogP contribution < -0.4 is 10.2 Å². The van der Waals surface area contributed by atoms with E-state index < -0.39 is 17.5 Å². The van der Waals surface area contributed by atoms with Crippen molar-refractivity contribution in [3.05, 3.63) is 90.0 Å². The predicted molar refractivity (Wildman–Crippen MR) is 99.5 cm³/mol. The Bertz CT molecular complexity index is 939. The first-order valence-electron chi connectivity index (χ1n) is 8.18. The minimum absolute atomic E-state index is 0.291. The molecule has 6 heteroatoms. The maximum absolute atomic E-state index is 13.5. The number of nitrogens with zero attached hydrogens (tertiary/aromatic N) is 1. The van der Waals surface area contributed by atoms with Crippen molar-refractivity contribution in [1.29, 1.82) is 0 Å². The van der Waals surface area contributed by atoms with Crippen LogP contribution in [0.3, 0.4) is 0 Å². The number of nitrogens with one attached hydrogen (secondary N) is 1. The van der Waals surface area contributed by atoms with E-state index in [-0.39, 0.29) is 12.2 Å². The number of ether oxygens (including phenoxy) is 1. The molecule has 4 nitrogen and oxygen atoms in total. The van der Waals surface area contributed by atoms with Crippen molar-refractivity contribution >= 4 is 12.1 Å². The highest BCUT2D eigenvalue weighted by Gasteiger charge is 2.08. The Hall–Kier alpha value is -3.54. The first-order chi connectivity index (χ1) is 13.1. The van der Waals surface area contributed by atoms with Gasteiger partial charge in [0.2, 0.25) is 0 Å². The van der Waals surface area contributed by atoms with Crippen LogP contribution in [0.2, 0.25) is 0 Å². The van der Waals surface area contributed by atoms with Crippen LogP contribution in [-0.2, 0) is 4.79 Å². The quantitative estimate of drug-likeness (QED) is 0.526. The molecular weight excluding hydrogens is 350 g/mol. The number of rotatable bonds is 6. The van der Waals surface area contributed by atoms with E-state index in [0.717, 1.165) is 29.5 Å². The van der Waals surface area contributed by atoms with Crippen LogP contribution in [0.4, 0.5) is 8.78 Å². The number of carbonyl (C=O) groups is 1. The van der Waals surface area contributed by atoms with Gasteiger partial charge in [-0.25, -0.2) is 14.2 Å². The van der Waals surface area contributed by atoms with E-state index in [1.54, 1.807) is 12.1 Å². The van der Waals surface area contributed by atoms with Gasteiger partial charge in [-0.2, -0.15) is 5.10 Å². The summed E-state index contributed by atoms with van der Waals surface area (Å²) in [4.78, 5) is 11.9. The van der Waals surface area contributed by atoms with Crippen molar-refractivity contribution in [2.24, 2.45) is 5.10 Å². The summed E-state index contributed by atoms with van der Waals surface area (Å²) in [6, 6.07) is 20.4. The molecule has 0 spiro atoms. The van der Waals surface area contributed by atoms with Crippen LogP contribution >= 0.6 is 0 Å². The normalized spacial score (nSPS) is 10.7. The van der Waals surface area contributed by atoms with Gasteiger partial charge in [-0.15, -0.1) is 0 Å². The fourth-order valence-corrected chi connectivity index (χ4v) is 2.43. The molecule has 0 bridgehead atoms. The summed E-state index contributed by atoms with van der Waals surface area (Å²) in [7, 11) is 0. The van der Waals surface area contributed by atoms with Crippen LogP contribution in [0.15, 0.2) is 77.9 Å². The summed E-state index contributed by atoms with van der Waals surface area (Å²) < 4.78 is 32.5. The van der Waals surface area contributed by atoms with Crippen LogP contribution in [-0.4, -0.2) is 18.7 Å². The average Bonchev–Trinajstić information content (AvgIpc) is 2.69. The lowest BCUT2D eigenvalue weighted by atomic mass is 10.1. The third kappa shape index (κ3) is 4.76. The molecule has 0 aliphatic heterocycles. The summed E-state index contributed by atoms with van der Waals surface area (Å²) in [6.45, 7) is -0.291. The van der Waals surface area contributed by atoms with Crippen molar-refractivity contribution in [3.63, 3.8) is 0 Å². The Labute approximate surface area is 155 Å². The number of hydrazone groups is 1. The van der Waals surface area contributed by atoms with Crippen LogP contribution in [0.5, 0.6) is 5.75 Å². The van der Waals surface area contributed by atoms with Gasteiger partial charge in [0.15, 0.2) is 6.61 Å². The maximum atomic E-state index is 13.5. The molecule has 3 rings (SSSR count). The molecule has 0 aliphatic rings. The highest BCUT2D eigenvalue weighted by Crippen LogP contribution is 2.29. The predicted octanol–water partition coefficient (Wildman–Crippen LogP) is 4.16. The van der Waals surface area contributed by atoms with Crippen molar-refractivity contribution in [2.45, 2.75) is 0 Å². The molecule has 0 aromatic heterocycles. The third-order valence-electron chi connectivity index (χ3n) is 3.71. The van der Waals surface area contributed by atoms with Gasteiger partial charge in [0.05, 0.1) is 11.8 Å². The Morgan fingerprint density at radius 2 is 1.59 bits per heavy atom. The van der Waals surface area contributed by atoms with Gasteiger partial charge in [0, 0.05) is 5.56 Å². The average molecular weight is 366 g/mol. The second kappa shape index (κ2) is 8.71. The van der Waals surface area contributed by atoms with Gasteiger partial charge < -0.3 is 4.74 Å². The van der Waals surface area contributed by atoms with E-state index in [9.17, 15) is 13.6 Å². The number of amides is 1. The number of para-hydroxylation sites is 1. The van der Waals surface area contributed by atoms with E-state index in [0.29, 0.717) is 5.75 Å². The molecule has 27 heavy (non-hydrogen) atoms. The van der Waals surface area contributed by atoms with Crippen LogP contribution in [0, 0.1) is 11.6 Å². The number of hydrogen-bond acceptors (Lipinski definition) is 3. The lowest BCUT2D eigenvalue weighted by molar-refractivity contribution is -0.123. The highest BCUT2D eigenvalue weighted by molar-refractivity contribution is 5.83. The van der Waals surface area contributed by atoms with Crippen LogP contribution in [0.25, 0.3) is 11.1 Å². The Balaban J connectivity index is 1.61. The van der Waals surface area contributed by atoms with Crippen molar-refractivity contribution < 1.29 is 18.3 Å². The Kier molecular flexibility index (Phi) is 5.89. The Morgan fingerprint density at radius 1 is 0.926 bits per heavy atom.